The molecule has 1 fully saturated rings. The van der Waals surface area contributed by atoms with Crippen molar-refractivity contribution >= 4 is 12.4 Å². The second-order valence-corrected chi connectivity index (χ2v) is 6.44. The largest absolute Gasteiger partial charge is 0.491 e. The molecule has 1 unspecified atom stereocenters. The number of nitrogens with zero attached hydrogens (tertiary/aromatic N) is 1. The van der Waals surface area contributed by atoms with Crippen molar-refractivity contribution < 1.29 is 9.84 Å². The zero-order valence-electron chi connectivity index (χ0n) is 14.0. The van der Waals surface area contributed by atoms with Gasteiger partial charge in [0.15, 0.2) is 0 Å². The van der Waals surface area contributed by atoms with Gasteiger partial charge in [0.2, 0.25) is 0 Å². The summed E-state index contributed by atoms with van der Waals surface area (Å²) in [5.74, 6) is 0.845. The molecule has 0 spiro atoms. The molecule has 0 aliphatic heterocycles. The maximum Gasteiger partial charge on any atom is 0.119 e. The van der Waals surface area contributed by atoms with Gasteiger partial charge in [0.1, 0.15) is 18.5 Å². The molecule has 1 N–H and O–H groups in total. The quantitative estimate of drug-likeness (QED) is 0.864. The molecule has 0 aromatic heterocycles. The van der Waals surface area contributed by atoms with Crippen molar-refractivity contribution in [2.75, 3.05) is 20.2 Å². The number of hydrogen-bond acceptors (Lipinski definition) is 3. The maximum atomic E-state index is 10.2. The molecule has 0 bridgehead atoms. The lowest BCUT2D eigenvalue weighted by Gasteiger charge is -2.32. The first kappa shape index (κ1) is 19.3. The van der Waals surface area contributed by atoms with Crippen LogP contribution in [0.4, 0.5) is 0 Å². The number of aryl methyl sites for hydroxylation is 2. The van der Waals surface area contributed by atoms with Gasteiger partial charge in [-0.05, 0) is 57.0 Å². The SMILES string of the molecule is Cc1ccc(OCC(O)CN(C)C2CCCCC2)cc1C.Cl. The summed E-state index contributed by atoms with van der Waals surface area (Å²) in [5.41, 5.74) is 2.49. The number of hydrogen-bond donors (Lipinski definition) is 1. The first-order valence-corrected chi connectivity index (χ1v) is 8.14. The summed E-state index contributed by atoms with van der Waals surface area (Å²) in [6.45, 7) is 5.22. The average Bonchev–Trinajstić information content (AvgIpc) is 2.49. The van der Waals surface area contributed by atoms with Crippen molar-refractivity contribution in [2.45, 2.75) is 58.1 Å². The van der Waals surface area contributed by atoms with Gasteiger partial charge in [-0.25, -0.2) is 0 Å². The first-order valence-electron chi connectivity index (χ1n) is 8.14. The predicted octanol–water partition coefficient (Wildman–Crippen LogP) is 3.73. The van der Waals surface area contributed by atoms with Crippen LogP contribution in [0.2, 0.25) is 0 Å². The van der Waals surface area contributed by atoms with Crippen molar-refractivity contribution in [2.24, 2.45) is 0 Å². The maximum absolute atomic E-state index is 10.2. The van der Waals surface area contributed by atoms with Gasteiger partial charge in [0, 0.05) is 12.6 Å². The lowest BCUT2D eigenvalue weighted by Crippen LogP contribution is -2.40. The molecule has 4 heteroatoms. The van der Waals surface area contributed by atoms with Gasteiger partial charge in [-0.3, -0.25) is 0 Å². The summed E-state index contributed by atoms with van der Waals surface area (Å²) in [4.78, 5) is 2.30. The Hall–Kier alpha value is -0.770. The van der Waals surface area contributed by atoms with E-state index in [4.69, 9.17) is 4.74 Å². The monoisotopic (exact) mass is 327 g/mol. The Balaban J connectivity index is 0.00000242. The third-order valence-corrected chi connectivity index (χ3v) is 4.62. The summed E-state index contributed by atoms with van der Waals surface area (Å²) >= 11 is 0. The number of likely N-dealkylation sites (N-methyl/N-ethyl adjacent to an activating group) is 1. The highest BCUT2D eigenvalue weighted by molar-refractivity contribution is 5.85. The summed E-state index contributed by atoms with van der Waals surface area (Å²) < 4.78 is 5.72. The Morgan fingerprint density at radius 1 is 1.18 bits per heavy atom. The fourth-order valence-corrected chi connectivity index (χ4v) is 3.05. The molecule has 1 aliphatic carbocycles. The number of benzene rings is 1. The summed E-state index contributed by atoms with van der Waals surface area (Å²) in [6, 6.07) is 6.70. The van der Waals surface area contributed by atoms with Crippen LogP contribution in [-0.4, -0.2) is 42.4 Å². The molecule has 0 amide bonds. The topological polar surface area (TPSA) is 32.7 Å². The first-order chi connectivity index (χ1) is 10.1. The highest BCUT2D eigenvalue weighted by atomic mass is 35.5. The molecule has 1 aromatic rings. The van der Waals surface area contributed by atoms with Crippen LogP contribution in [0, 0.1) is 13.8 Å². The van der Waals surface area contributed by atoms with Gasteiger partial charge in [-0.15, -0.1) is 12.4 Å². The minimum absolute atomic E-state index is 0. The zero-order valence-corrected chi connectivity index (χ0v) is 14.9. The summed E-state index contributed by atoms with van der Waals surface area (Å²) in [6.07, 6.45) is 6.11. The van der Waals surface area contributed by atoms with Gasteiger partial charge in [-0.2, -0.15) is 0 Å². The molecule has 1 aromatic carbocycles. The number of aliphatic hydroxyl groups is 1. The lowest BCUT2D eigenvalue weighted by molar-refractivity contribution is 0.0561. The molecule has 1 saturated carbocycles. The van der Waals surface area contributed by atoms with Crippen molar-refractivity contribution in [1.82, 2.24) is 4.90 Å². The van der Waals surface area contributed by atoms with E-state index in [9.17, 15) is 5.11 Å². The van der Waals surface area contributed by atoms with E-state index in [1.54, 1.807) is 0 Å². The molecule has 1 aliphatic rings. The molecule has 126 valence electrons. The van der Waals surface area contributed by atoms with Crippen LogP contribution in [0.1, 0.15) is 43.2 Å². The molecule has 0 radical (unpaired) electrons. The molecular formula is C18H30ClNO2. The van der Waals surface area contributed by atoms with Crippen LogP contribution in [0.25, 0.3) is 0 Å². The summed E-state index contributed by atoms with van der Waals surface area (Å²) in [7, 11) is 2.12. The van der Waals surface area contributed by atoms with Gasteiger partial charge in [-0.1, -0.05) is 25.3 Å². The molecule has 22 heavy (non-hydrogen) atoms. The van der Waals surface area contributed by atoms with Crippen LogP contribution >= 0.6 is 12.4 Å². The van der Waals surface area contributed by atoms with Crippen LogP contribution < -0.4 is 4.74 Å². The van der Waals surface area contributed by atoms with Crippen molar-refractivity contribution in [3.63, 3.8) is 0 Å². The van der Waals surface area contributed by atoms with Crippen LogP contribution in [0.15, 0.2) is 18.2 Å². The molecule has 0 saturated heterocycles. The minimum atomic E-state index is -0.432. The molecule has 3 nitrogen and oxygen atoms in total. The normalized spacial score (nSPS) is 17.1. The third kappa shape index (κ3) is 5.79. The Labute approximate surface area is 141 Å². The lowest BCUT2D eigenvalue weighted by atomic mass is 9.94. The second kappa shape index (κ2) is 9.39. The Kier molecular flexibility index (Phi) is 8.23. The standard InChI is InChI=1S/C18H29NO2.ClH/c1-14-9-10-18(11-15(14)2)21-13-17(20)12-19(3)16-7-5-4-6-8-16;/h9-11,16-17,20H,4-8,12-13H2,1-3H3;1H. The van der Waals surface area contributed by atoms with Gasteiger partial charge >= 0.3 is 0 Å². The van der Waals surface area contributed by atoms with E-state index in [0.29, 0.717) is 19.2 Å². The molecule has 2 rings (SSSR count). The van der Waals surface area contributed by atoms with Crippen LogP contribution in [-0.2, 0) is 0 Å². The smallest absolute Gasteiger partial charge is 0.119 e. The van der Waals surface area contributed by atoms with E-state index < -0.39 is 6.10 Å². The molecular weight excluding hydrogens is 298 g/mol. The van der Waals surface area contributed by atoms with E-state index in [1.165, 1.54) is 43.2 Å². The molecule has 0 heterocycles. The molecule has 1 atom stereocenters. The number of rotatable bonds is 6. The summed E-state index contributed by atoms with van der Waals surface area (Å²) in [5, 5.41) is 10.2. The van der Waals surface area contributed by atoms with E-state index >= 15 is 0 Å². The average molecular weight is 328 g/mol. The highest BCUT2D eigenvalue weighted by Crippen LogP contribution is 2.22. The Morgan fingerprint density at radius 3 is 2.50 bits per heavy atom. The Morgan fingerprint density at radius 2 is 1.86 bits per heavy atom. The number of ether oxygens (including phenoxy) is 1. The predicted molar refractivity (Wildman–Crippen MR) is 94.2 cm³/mol. The number of aliphatic hydroxyl groups excluding tert-OH is 1. The second-order valence-electron chi connectivity index (χ2n) is 6.44. The van der Waals surface area contributed by atoms with Crippen LogP contribution in [0.3, 0.4) is 0 Å². The zero-order chi connectivity index (χ0) is 15.2. The Bertz CT molecular complexity index is 447. The fraction of sp³-hybridized carbons (Fsp3) is 0.667. The van der Waals surface area contributed by atoms with Gasteiger partial charge in [0.05, 0.1) is 0 Å². The van der Waals surface area contributed by atoms with E-state index in [1.807, 2.05) is 12.1 Å². The fourth-order valence-electron chi connectivity index (χ4n) is 3.05. The van der Waals surface area contributed by atoms with E-state index in [-0.39, 0.29) is 12.4 Å². The van der Waals surface area contributed by atoms with Gasteiger partial charge in [0.25, 0.3) is 0 Å². The van der Waals surface area contributed by atoms with Crippen molar-refractivity contribution in [3.8, 4) is 5.75 Å². The van der Waals surface area contributed by atoms with Crippen molar-refractivity contribution in [3.05, 3.63) is 29.3 Å². The third-order valence-electron chi connectivity index (χ3n) is 4.62. The van der Waals surface area contributed by atoms with Gasteiger partial charge < -0.3 is 14.7 Å². The highest BCUT2D eigenvalue weighted by Gasteiger charge is 2.20. The van der Waals surface area contributed by atoms with E-state index in [0.717, 1.165) is 5.75 Å². The minimum Gasteiger partial charge on any atom is -0.491 e. The van der Waals surface area contributed by atoms with E-state index in [2.05, 4.69) is 31.9 Å². The van der Waals surface area contributed by atoms with Crippen LogP contribution in [0.5, 0.6) is 5.75 Å². The van der Waals surface area contributed by atoms with Crippen molar-refractivity contribution in [1.29, 1.82) is 0 Å². The number of halogens is 1.